The quantitative estimate of drug-likeness (QED) is 0.545. The Labute approximate surface area is 171 Å². The van der Waals surface area contributed by atoms with Crippen LogP contribution in [0.15, 0.2) is 36.4 Å². The van der Waals surface area contributed by atoms with E-state index in [4.69, 9.17) is 11.6 Å². The lowest BCUT2D eigenvalue weighted by Crippen LogP contribution is -2.26. The van der Waals surface area contributed by atoms with Crippen molar-refractivity contribution in [1.82, 2.24) is 9.47 Å². The standard InChI is InChI=1S/C24H28ClFN2/c1-16-5-8-22-19(13-16)18-9-11-27(4)12-10-23(18)28(22)15-24(2,3)17-6-7-20(25)21(26)14-17/h5-8,13-14H,9-12,15H2,1-4H3. The third kappa shape index (κ3) is 3.46. The van der Waals surface area contributed by atoms with Gasteiger partial charge in [0.15, 0.2) is 0 Å². The van der Waals surface area contributed by atoms with E-state index in [1.807, 2.05) is 6.07 Å². The summed E-state index contributed by atoms with van der Waals surface area (Å²) in [4.78, 5) is 2.41. The number of aryl methyl sites for hydroxylation is 1. The van der Waals surface area contributed by atoms with E-state index in [-0.39, 0.29) is 16.3 Å². The van der Waals surface area contributed by atoms with Crippen LogP contribution in [0.4, 0.5) is 4.39 Å². The second-order valence-corrected chi connectivity index (χ2v) is 9.26. The third-order valence-electron chi connectivity index (χ3n) is 6.17. The Kier molecular flexibility index (Phi) is 5.01. The van der Waals surface area contributed by atoms with Gasteiger partial charge in [0.1, 0.15) is 5.82 Å². The average Bonchev–Trinajstić information content (AvgIpc) is 2.77. The molecule has 4 heteroatoms. The molecule has 2 nitrogen and oxygen atoms in total. The lowest BCUT2D eigenvalue weighted by Gasteiger charge is -2.28. The number of nitrogens with zero attached hydrogens (tertiary/aromatic N) is 2. The minimum atomic E-state index is -0.347. The van der Waals surface area contributed by atoms with Crippen LogP contribution in [0.25, 0.3) is 10.9 Å². The number of aromatic nitrogens is 1. The summed E-state index contributed by atoms with van der Waals surface area (Å²) in [6, 6.07) is 12.0. The van der Waals surface area contributed by atoms with Crippen molar-refractivity contribution in [2.24, 2.45) is 0 Å². The monoisotopic (exact) mass is 398 g/mol. The Morgan fingerprint density at radius 3 is 2.57 bits per heavy atom. The van der Waals surface area contributed by atoms with Crippen molar-refractivity contribution in [3.63, 3.8) is 0 Å². The number of likely N-dealkylation sites (N-methyl/N-ethyl adjacent to an activating group) is 1. The Hall–Kier alpha value is -1.84. The molecule has 0 radical (unpaired) electrons. The molecule has 1 aliphatic rings. The topological polar surface area (TPSA) is 8.17 Å². The van der Waals surface area contributed by atoms with E-state index in [0.29, 0.717) is 0 Å². The largest absolute Gasteiger partial charge is 0.343 e. The zero-order valence-corrected chi connectivity index (χ0v) is 17.9. The number of benzene rings is 2. The van der Waals surface area contributed by atoms with Crippen LogP contribution in [-0.4, -0.2) is 29.6 Å². The molecule has 0 saturated heterocycles. The van der Waals surface area contributed by atoms with Gasteiger partial charge in [0.2, 0.25) is 0 Å². The fraction of sp³-hybridized carbons (Fsp3) is 0.417. The van der Waals surface area contributed by atoms with Crippen molar-refractivity contribution in [1.29, 1.82) is 0 Å². The second-order valence-electron chi connectivity index (χ2n) is 8.85. The molecule has 3 aromatic rings. The van der Waals surface area contributed by atoms with Crippen molar-refractivity contribution in [3.8, 4) is 0 Å². The van der Waals surface area contributed by atoms with Crippen LogP contribution in [0.3, 0.4) is 0 Å². The summed E-state index contributed by atoms with van der Waals surface area (Å²) in [6.45, 7) is 9.50. The predicted molar refractivity (Wildman–Crippen MR) is 116 cm³/mol. The molecule has 1 aliphatic heterocycles. The number of hydrogen-bond donors (Lipinski definition) is 0. The molecule has 0 saturated carbocycles. The van der Waals surface area contributed by atoms with Gasteiger partial charge in [0.05, 0.1) is 5.02 Å². The summed E-state index contributed by atoms with van der Waals surface area (Å²) < 4.78 is 16.6. The molecule has 4 rings (SSSR count). The van der Waals surface area contributed by atoms with Crippen LogP contribution in [0.1, 0.15) is 36.2 Å². The summed E-state index contributed by atoms with van der Waals surface area (Å²) in [6.07, 6.45) is 2.12. The Morgan fingerprint density at radius 2 is 1.82 bits per heavy atom. The van der Waals surface area contributed by atoms with Gasteiger partial charge in [0.25, 0.3) is 0 Å². The van der Waals surface area contributed by atoms with Crippen LogP contribution in [0, 0.1) is 12.7 Å². The fourth-order valence-corrected chi connectivity index (χ4v) is 4.57. The minimum Gasteiger partial charge on any atom is -0.343 e. The van der Waals surface area contributed by atoms with Crippen LogP contribution in [0.2, 0.25) is 5.02 Å². The van der Waals surface area contributed by atoms with Crippen molar-refractivity contribution in [3.05, 3.63) is 69.6 Å². The molecular weight excluding hydrogens is 371 g/mol. The molecule has 2 heterocycles. The highest BCUT2D eigenvalue weighted by atomic mass is 35.5. The first-order valence-electron chi connectivity index (χ1n) is 10.0. The van der Waals surface area contributed by atoms with Gasteiger partial charge >= 0.3 is 0 Å². The summed E-state index contributed by atoms with van der Waals surface area (Å²) >= 11 is 5.91. The van der Waals surface area contributed by atoms with Gasteiger partial charge < -0.3 is 9.47 Å². The molecule has 0 N–H and O–H groups in total. The van der Waals surface area contributed by atoms with Gasteiger partial charge in [-0.25, -0.2) is 4.39 Å². The SMILES string of the molecule is Cc1ccc2c(c1)c1c(n2CC(C)(C)c2ccc(Cl)c(F)c2)CCN(C)CC1. The fourth-order valence-electron chi connectivity index (χ4n) is 4.45. The van der Waals surface area contributed by atoms with E-state index in [0.717, 1.165) is 38.0 Å². The Balaban J connectivity index is 1.82. The lowest BCUT2D eigenvalue weighted by atomic mass is 9.84. The molecule has 0 spiro atoms. The van der Waals surface area contributed by atoms with Crippen LogP contribution in [-0.2, 0) is 24.8 Å². The van der Waals surface area contributed by atoms with Gasteiger partial charge in [-0.15, -0.1) is 0 Å². The maximum Gasteiger partial charge on any atom is 0.142 e. The number of fused-ring (bicyclic) bond motifs is 3. The summed E-state index contributed by atoms with van der Waals surface area (Å²) in [5.74, 6) is -0.347. The van der Waals surface area contributed by atoms with Gasteiger partial charge in [-0.2, -0.15) is 0 Å². The Morgan fingerprint density at radius 1 is 1.07 bits per heavy atom. The van der Waals surface area contributed by atoms with Crippen LogP contribution >= 0.6 is 11.6 Å². The molecule has 0 bridgehead atoms. The first-order valence-corrected chi connectivity index (χ1v) is 10.4. The van der Waals surface area contributed by atoms with Crippen LogP contribution < -0.4 is 0 Å². The summed E-state index contributed by atoms with van der Waals surface area (Å²) in [5.41, 5.74) is 6.28. The molecule has 0 unspecified atom stereocenters. The smallest absolute Gasteiger partial charge is 0.142 e. The van der Waals surface area contributed by atoms with Crippen molar-refractivity contribution < 1.29 is 4.39 Å². The molecule has 1 aromatic heterocycles. The first-order chi connectivity index (χ1) is 13.3. The molecule has 0 fully saturated rings. The summed E-state index contributed by atoms with van der Waals surface area (Å²) in [5, 5.41) is 1.56. The van der Waals surface area contributed by atoms with E-state index in [2.05, 4.69) is 55.5 Å². The average molecular weight is 399 g/mol. The van der Waals surface area contributed by atoms with Crippen LogP contribution in [0.5, 0.6) is 0 Å². The molecule has 148 valence electrons. The molecular formula is C24H28ClFN2. The van der Waals surface area contributed by atoms with Gasteiger partial charge in [0, 0.05) is 48.1 Å². The molecule has 0 amide bonds. The number of halogens is 2. The van der Waals surface area contributed by atoms with E-state index in [1.54, 1.807) is 12.1 Å². The number of hydrogen-bond acceptors (Lipinski definition) is 1. The van der Waals surface area contributed by atoms with Gasteiger partial charge in [-0.05, 0) is 55.8 Å². The zero-order valence-electron chi connectivity index (χ0n) is 17.1. The highest BCUT2D eigenvalue weighted by molar-refractivity contribution is 6.30. The Bertz CT molecular complexity index is 1030. The first kappa shape index (κ1) is 19.5. The normalized spacial score (nSPS) is 15.6. The van der Waals surface area contributed by atoms with E-state index < -0.39 is 0 Å². The van der Waals surface area contributed by atoms with Crippen molar-refractivity contribution in [2.75, 3.05) is 20.1 Å². The van der Waals surface area contributed by atoms with E-state index in [1.165, 1.54) is 27.7 Å². The third-order valence-corrected chi connectivity index (χ3v) is 6.48. The van der Waals surface area contributed by atoms with Gasteiger partial charge in [-0.3, -0.25) is 0 Å². The van der Waals surface area contributed by atoms with E-state index in [9.17, 15) is 4.39 Å². The van der Waals surface area contributed by atoms with E-state index >= 15 is 0 Å². The minimum absolute atomic E-state index is 0.179. The molecule has 0 aliphatic carbocycles. The van der Waals surface area contributed by atoms with Crippen molar-refractivity contribution in [2.45, 2.75) is 45.6 Å². The molecule has 0 atom stereocenters. The highest BCUT2D eigenvalue weighted by Crippen LogP contribution is 2.35. The van der Waals surface area contributed by atoms with Crippen molar-refractivity contribution >= 4 is 22.5 Å². The lowest BCUT2D eigenvalue weighted by molar-refractivity contribution is 0.349. The zero-order chi connectivity index (χ0) is 20.1. The highest BCUT2D eigenvalue weighted by Gasteiger charge is 2.27. The molecule has 2 aromatic carbocycles. The number of rotatable bonds is 3. The maximum atomic E-state index is 14.1. The summed E-state index contributed by atoms with van der Waals surface area (Å²) in [7, 11) is 2.20. The van der Waals surface area contributed by atoms with Gasteiger partial charge in [-0.1, -0.05) is 43.1 Å². The second kappa shape index (κ2) is 7.20. The predicted octanol–water partition coefficient (Wildman–Crippen LogP) is 5.75. The maximum absolute atomic E-state index is 14.1. The molecule has 28 heavy (non-hydrogen) atoms.